The molecule has 0 bridgehead atoms. The van der Waals surface area contributed by atoms with Crippen molar-refractivity contribution < 1.29 is 4.79 Å². The molecule has 0 aliphatic heterocycles. The molecule has 0 N–H and O–H groups in total. The van der Waals surface area contributed by atoms with E-state index in [1.807, 2.05) is 35.8 Å². The van der Waals surface area contributed by atoms with E-state index in [0.717, 1.165) is 11.4 Å². The number of amides is 1. The third kappa shape index (κ3) is 2.77. The second kappa shape index (κ2) is 5.96. The number of nitrogens with zero attached hydrogens (tertiary/aromatic N) is 5. The fraction of sp³-hybridized carbons (Fsp3) is 0.250. The number of rotatable bonds is 3. The first kappa shape index (κ1) is 15.4. The summed E-state index contributed by atoms with van der Waals surface area (Å²) in [7, 11) is 0. The van der Waals surface area contributed by atoms with Crippen LogP contribution in [0.5, 0.6) is 0 Å². The lowest BCUT2D eigenvalue weighted by Gasteiger charge is -2.19. The van der Waals surface area contributed by atoms with Crippen LogP contribution in [0, 0.1) is 6.92 Å². The van der Waals surface area contributed by atoms with Gasteiger partial charge >= 0.3 is 0 Å². The van der Waals surface area contributed by atoms with Crippen molar-refractivity contribution in [3.63, 3.8) is 0 Å². The normalized spacial score (nSPS) is 11.0. The molecule has 0 aliphatic carbocycles. The van der Waals surface area contributed by atoms with Crippen LogP contribution in [-0.4, -0.2) is 32.0 Å². The first-order valence-electron chi connectivity index (χ1n) is 7.27. The van der Waals surface area contributed by atoms with Crippen molar-refractivity contribution in [3.05, 3.63) is 41.6 Å². The van der Waals surface area contributed by atoms with Crippen LogP contribution in [0.25, 0.3) is 16.9 Å². The fourth-order valence-electron chi connectivity index (χ4n) is 2.55. The number of carbonyl (C=O) groups excluding carboxylic acids is 1. The maximum atomic E-state index is 11.7. The van der Waals surface area contributed by atoms with Crippen LogP contribution in [0.15, 0.2) is 30.6 Å². The number of hydrogen-bond donors (Lipinski definition) is 0. The molecule has 3 aromatic rings. The van der Waals surface area contributed by atoms with Crippen LogP contribution in [-0.2, 0) is 4.79 Å². The van der Waals surface area contributed by atoms with Gasteiger partial charge in [0.1, 0.15) is 17.7 Å². The summed E-state index contributed by atoms with van der Waals surface area (Å²) in [5.41, 5.74) is 2.89. The van der Waals surface area contributed by atoms with Crippen molar-refractivity contribution in [1.82, 2.24) is 19.5 Å². The molecular weight excluding hydrogens is 314 g/mol. The number of halogens is 1. The summed E-state index contributed by atoms with van der Waals surface area (Å²) in [6, 6.07) is 7.67. The Morgan fingerprint density at radius 2 is 2.13 bits per heavy atom. The van der Waals surface area contributed by atoms with E-state index in [1.165, 1.54) is 0 Å². The highest BCUT2D eigenvalue weighted by molar-refractivity contribution is 6.33. The summed E-state index contributed by atoms with van der Waals surface area (Å²) in [4.78, 5) is 26.3. The predicted molar refractivity (Wildman–Crippen MR) is 90.1 cm³/mol. The molecule has 2 aromatic heterocycles. The molecule has 0 saturated heterocycles. The van der Waals surface area contributed by atoms with Gasteiger partial charge < -0.3 is 4.90 Å². The zero-order valence-corrected chi connectivity index (χ0v) is 13.9. The smallest absolute Gasteiger partial charge is 0.223 e. The zero-order chi connectivity index (χ0) is 16.6. The summed E-state index contributed by atoms with van der Waals surface area (Å²) in [5.74, 6) is 0.584. The maximum Gasteiger partial charge on any atom is 0.223 e. The Labute approximate surface area is 138 Å². The van der Waals surface area contributed by atoms with E-state index in [1.54, 1.807) is 25.1 Å². The van der Waals surface area contributed by atoms with Gasteiger partial charge in [-0.1, -0.05) is 17.7 Å². The Morgan fingerprint density at radius 1 is 1.35 bits per heavy atom. The highest BCUT2D eigenvalue weighted by Crippen LogP contribution is 2.24. The standard InChI is InChI=1S/C16H16ClN5O/c1-4-21(11(3)23)12-6-5-7-13(8-12)22-9-18-14-15(17)19-10(2)20-16(14)22/h5-9H,4H2,1-3H3. The number of anilines is 1. The third-order valence-corrected chi connectivity index (χ3v) is 3.84. The van der Waals surface area contributed by atoms with Crippen molar-refractivity contribution in [2.75, 3.05) is 11.4 Å². The minimum atomic E-state index is 0.00125. The summed E-state index contributed by atoms with van der Waals surface area (Å²) < 4.78 is 1.84. The van der Waals surface area contributed by atoms with Crippen molar-refractivity contribution in [2.45, 2.75) is 20.8 Å². The minimum absolute atomic E-state index is 0.00125. The molecule has 0 aliphatic rings. The van der Waals surface area contributed by atoms with E-state index in [9.17, 15) is 4.79 Å². The van der Waals surface area contributed by atoms with Gasteiger partial charge in [0.25, 0.3) is 0 Å². The number of carbonyl (C=O) groups is 1. The maximum absolute atomic E-state index is 11.7. The molecule has 1 aromatic carbocycles. The number of aryl methyl sites for hydroxylation is 1. The van der Waals surface area contributed by atoms with Gasteiger partial charge in [-0.25, -0.2) is 15.0 Å². The summed E-state index contributed by atoms with van der Waals surface area (Å²) >= 11 is 6.13. The number of imidazole rings is 1. The van der Waals surface area contributed by atoms with E-state index in [4.69, 9.17) is 11.6 Å². The Balaban J connectivity index is 2.15. The highest BCUT2D eigenvalue weighted by Gasteiger charge is 2.14. The van der Waals surface area contributed by atoms with Gasteiger partial charge in [0.2, 0.25) is 5.91 Å². The third-order valence-electron chi connectivity index (χ3n) is 3.58. The molecule has 0 radical (unpaired) electrons. The van der Waals surface area contributed by atoms with Crippen molar-refractivity contribution in [3.8, 4) is 5.69 Å². The zero-order valence-electron chi connectivity index (χ0n) is 13.1. The number of fused-ring (bicyclic) bond motifs is 1. The second-order valence-corrected chi connectivity index (χ2v) is 5.49. The van der Waals surface area contributed by atoms with Gasteiger partial charge in [-0.05, 0) is 32.0 Å². The molecule has 3 rings (SSSR count). The summed E-state index contributed by atoms with van der Waals surface area (Å²) in [6.07, 6.45) is 1.66. The van der Waals surface area contributed by atoms with E-state index in [2.05, 4.69) is 15.0 Å². The van der Waals surface area contributed by atoms with Crippen LogP contribution in [0.3, 0.4) is 0 Å². The van der Waals surface area contributed by atoms with Crippen LogP contribution >= 0.6 is 11.6 Å². The van der Waals surface area contributed by atoms with Crippen LogP contribution in [0.4, 0.5) is 5.69 Å². The minimum Gasteiger partial charge on any atom is -0.313 e. The highest BCUT2D eigenvalue weighted by atomic mass is 35.5. The van der Waals surface area contributed by atoms with Gasteiger partial charge in [0.05, 0.1) is 5.69 Å². The van der Waals surface area contributed by atoms with E-state index in [-0.39, 0.29) is 5.91 Å². The molecule has 6 nitrogen and oxygen atoms in total. The van der Waals surface area contributed by atoms with E-state index in [0.29, 0.717) is 28.7 Å². The van der Waals surface area contributed by atoms with Crippen molar-refractivity contribution >= 4 is 34.4 Å². The molecule has 0 fully saturated rings. The van der Waals surface area contributed by atoms with Crippen molar-refractivity contribution in [2.24, 2.45) is 0 Å². The molecule has 7 heteroatoms. The lowest BCUT2D eigenvalue weighted by atomic mass is 10.2. The van der Waals surface area contributed by atoms with Gasteiger partial charge in [-0.2, -0.15) is 0 Å². The molecule has 23 heavy (non-hydrogen) atoms. The molecule has 118 valence electrons. The van der Waals surface area contributed by atoms with Gasteiger partial charge in [-0.15, -0.1) is 0 Å². The topological polar surface area (TPSA) is 63.9 Å². The lowest BCUT2D eigenvalue weighted by molar-refractivity contribution is -0.116. The Bertz CT molecular complexity index is 889. The molecule has 1 amide bonds. The van der Waals surface area contributed by atoms with E-state index >= 15 is 0 Å². The Morgan fingerprint density at radius 3 is 2.83 bits per heavy atom. The number of aromatic nitrogens is 4. The van der Waals surface area contributed by atoms with Gasteiger partial charge in [-0.3, -0.25) is 9.36 Å². The van der Waals surface area contributed by atoms with Crippen LogP contribution < -0.4 is 4.90 Å². The molecule has 0 atom stereocenters. The summed E-state index contributed by atoms with van der Waals surface area (Å²) in [6.45, 7) is 5.89. The largest absolute Gasteiger partial charge is 0.313 e. The number of hydrogen-bond acceptors (Lipinski definition) is 4. The van der Waals surface area contributed by atoms with Crippen LogP contribution in [0.2, 0.25) is 5.15 Å². The Hall–Kier alpha value is -2.47. The van der Waals surface area contributed by atoms with Crippen molar-refractivity contribution in [1.29, 1.82) is 0 Å². The molecule has 0 unspecified atom stereocenters. The average Bonchev–Trinajstić information content (AvgIpc) is 2.92. The van der Waals surface area contributed by atoms with Crippen LogP contribution in [0.1, 0.15) is 19.7 Å². The average molecular weight is 330 g/mol. The molecule has 0 saturated carbocycles. The SMILES string of the molecule is CCN(C(C)=O)c1cccc(-n2cnc3c(Cl)nc(C)nc32)c1. The molecule has 0 spiro atoms. The predicted octanol–water partition coefficient (Wildman–Crippen LogP) is 3.15. The quantitative estimate of drug-likeness (QED) is 0.692. The first-order chi connectivity index (χ1) is 11.0. The van der Waals surface area contributed by atoms with Gasteiger partial charge in [0.15, 0.2) is 10.8 Å². The lowest BCUT2D eigenvalue weighted by Crippen LogP contribution is -2.27. The molecular formula is C16H16ClN5O. The van der Waals surface area contributed by atoms with Gasteiger partial charge in [0, 0.05) is 19.2 Å². The Kier molecular flexibility index (Phi) is 4.00. The second-order valence-electron chi connectivity index (χ2n) is 5.13. The monoisotopic (exact) mass is 329 g/mol. The van der Waals surface area contributed by atoms with E-state index < -0.39 is 0 Å². The fourth-order valence-corrected chi connectivity index (χ4v) is 2.81. The number of benzene rings is 1. The summed E-state index contributed by atoms with van der Waals surface area (Å²) in [5, 5.41) is 0.335. The molecule has 2 heterocycles. The first-order valence-corrected chi connectivity index (χ1v) is 7.64.